The maximum absolute atomic E-state index is 2.34. The molecule has 0 heterocycles. The van der Waals surface area contributed by atoms with E-state index in [9.17, 15) is 0 Å². The van der Waals surface area contributed by atoms with Gasteiger partial charge in [0.25, 0.3) is 0 Å². The second kappa shape index (κ2) is 13.1. The molecular weight excluding hydrogens is 395 g/mol. The minimum absolute atomic E-state index is 0. The minimum atomic E-state index is 0. The maximum atomic E-state index is 2.34. The molecule has 0 amide bonds. The van der Waals surface area contributed by atoms with E-state index in [4.69, 9.17) is 0 Å². The fourth-order valence-corrected chi connectivity index (χ4v) is 3.75. The Labute approximate surface area is 184 Å². The zero-order valence-corrected chi connectivity index (χ0v) is 19.8. The molecule has 2 aliphatic rings. The molecule has 0 bridgehead atoms. The van der Waals surface area contributed by atoms with E-state index in [0.29, 0.717) is 0 Å². The number of halogens is 2. The predicted molar refractivity (Wildman–Crippen MR) is 103 cm³/mol. The molecule has 0 saturated carbocycles. The van der Waals surface area contributed by atoms with Gasteiger partial charge in [-0.05, 0) is 0 Å². The maximum Gasteiger partial charge on any atom is -0.0512 e. The quantitative estimate of drug-likeness (QED) is 0.409. The van der Waals surface area contributed by atoms with Crippen LogP contribution in [0.25, 0.3) is 0 Å². The first-order chi connectivity index (χ1) is 11.5. The van der Waals surface area contributed by atoms with Gasteiger partial charge in [-0.1, -0.05) is 65.2 Å². The fraction of sp³-hybridized carbons (Fsp3) is 0.522. The summed E-state index contributed by atoms with van der Waals surface area (Å²) in [7, 11) is 0. The van der Waals surface area contributed by atoms with Crippen LogP contribution in [0.15, 0.2) is 24.3 Å². The van der Waals surface area contributed by atoms with E-state index in [0.717, 1.165) is 0 Å². The Bertz CT molecular complexity index is 561. The van der Waals surface area contributed by atoms with Crippen LogP contribution in [0.4, 0.5) is 0 Å². The Balaban J connectivity index is 0.000000378. The van der Waals surface area contributed by atoms with Gasteiger partial charge in [-0.15, -0.1) is 0 Å². The second-order valence-electron chi connectivity index (χ2n) is 7.58. The molecule has 0 aliphatic heterocycles. The van der Waals surface area contributed by atoms with Crippen molar-refractivity contribution in [1.82, 2.24) is 0 Å². The monoisotopic (exact) mass is 426 g/mol. The molecule has 0 saturated heterocycles. The Hall–Kier alpha value is -0.136. The van der Waals surface area contributed by atoms with Gasteiger partial charge in [0.05, 0.1) is 0 Å². The average Bonchev–Trinajstić information content (AvgIpc) is 3.07. The third-order valence-electron chi connectivity index (χ3n) is 4.72. The molecule has 0 N–H and O–H groups in total. The largest absolute Gasteiger partial charge is 1.00 e. The molecule has 26 heavy (non-hydrogen) atoms. The van der Waals surface area contributed by atoms with Crippen molar-refractivity contribution in [3.05, 3.63) is 57.6 Å². The SMILES string of the molecule is C[C](C)=[Ti+2].Cc1cc2c([cH-]1)CCCC2.Cc1cc2c([cH-]1)CCCC2.[Cl-].[Cl-]. The molecular formula is C23H32Cl2Ti-2. The summed E-state index contributed by atoms with van der Waals surface area (Å²) in [5.74, 6) is 0. The molecule has 0 nitrogen and oxygen atoms in total. The first-order valence-electron chi connectivity index (χ1n) is 9.47. The summed E-state index contributed by atoms with van der Waals surface area (Å²) in [5, 5.41) is 0. The van der Waals surface area contributed by atoms with Crippen LogP contribution in [0, 0.1) is 13.8 Å². The standard InChI is InChI=1S/2C10H13.C3H6.2ClH.Ti/c2*1-8-6-9-4-2-3-5-10(9)7-8;1-3-2;;;/h2*6-7H,2-5H2,1H3;1-2H3;2*1H;/q2*-1;;;;+2/p-2. The van der Waals surface area contributed by atoms with Gasteiger partial charge < -0.3 is 24.8 Å². The van der Waals surface area contributed by atoms with Crippen molar-refractivity contribution < 1.29 is 44.8 Å². The molecule has 3 heteroatoms. The average molecular weight is 427 g/mol. The van der Waals surface area contributed by atoms with Gasteiger partial charge in [0.1, 0.15) is 0 Å². The van der Waals surface area contributed by atoms with Gasteiger partial charge in [-0.25, -0.2) is 12.1 Å². The first-order valence-corrected chi connectivity index (χ1v) is 10.3. The minimum Gasteiger partial charge on any atom is -1.00 e. The Morgan fingerprint density at radius 3 is 1.35 bits per heavy atom. The van der Waals surface area contributed by atoms with Gasteiger partial charge in [-0.2, -0.15) is 45.5 Å². The summed E-state index contributed by atoms with van der Waals surface area (Å²) in [5.41, 5.74) is 9.36. The van der Waals surface area contributed by atoms with Crippen LogP contribution in [0.1, 0.15) is 72.9 Å². The molecule has 2 aromatic rings. The van der Waals surface area contributed by atoms with E-state index in [1.54, 1.807) is 22.3 Å². The van der Waals surface area contributed by atoms with Gasteiger partial charge in [-0.3, -0.25) is 0 Å². The first kappa shape index (κ1) is 25.9. The van der Waals surface area contributed by atoms with E-state index in [1.807, 2.05) is 0 Å². The predicted octanol–water partition coefficient (Wildman–Crippen LogP) is -0.0612. The van der Waals surface area contributed by atoms with Gasteiger partial charge in [0.15, 0.2) is 0 Å². The van der Waals surface area contributed by atoms with Crippen molar-refractivity contribution in [3.8, 4) is 0 Å². The van der Waals surface area contributed by atoms with Crippen LogP contribution in [0.2, 0.25) is 0 Å². The van der Waals surface area contributed by atoms with Gasteiger partial charge in [0.2, 0.25) is 0 Å². The zero-order valence-electron chi connectivity index (χ0n) is 16.7. The van der Waals surface area contributed by atoms with Gasteiger partial charge >= 0.3 is 37.6 Å². The number of aryl methyl sites for hydroxylation is 6. The molecule has 4 rings (SSSR count). The van der Waals surface area contributed by atoms with Crippen molar-refractivity contribution in [2.45, 2.75) is 79.1 Å². The Kier molecular flexibility index (Phi) is 13.0. The van der Waals surface area contributed by atoms with Gasteiger partial charge in [0, 0.05) is 0 Å². The summed E-state index contributed by atoms with van der Waals surface area (Å²) in [6, 6.07) is 9.37. The van der Waals surface area contributed by atoms with Crippen LogP contribution >= 0.6 is 0 Å². The van der Waals surface area contributed by atoms with Crippen molar-refractivity contribution in [2.75, 3.05) is 0 Å². The molecule has 0 radical (unpaired) electrons. The summed E-state index contributed by atoms with van der Waals surface area (Å²) < 4.78 is 1.42. The number of hydrogen-bond donors (Lipinski definition) is 0. The number of rotatable bonds is 0. The van der Waals surface area contributed by atoms with Crippen molar-refractivity contribution in [2.24, 2.45) is 0 Å². The normalized spacial score (nSPS) is 14.1. The van der Waals surface area contributed by atoms with E-state index in [-0.39, 0.29) is 24.8 Å². The molecule has 144 valence electrons. The van der Waals surface area contributed by atoms with Crippen LogP contribution in [0.3, 0.4) is 0 Å². The van der Waals surface area contributed by atoms with Crippen molar-refractivity contribution in [1.29, 1.82) is 0 Å². The summed E-state index contributed by atoms with van der Waals surface area (Å²) in [4.78, 5) is 0. The van der Waals surface area contributed by atoms with E-state index in [1.165, 1.54) is 66.3 Å². The van der Waals surface area contributed by atoms with Crippen LogP contribution in [-0.4, -0.2) is 3.81 Å². The van der Waals surface area contributed by atoms with Crippen LogP contribution < -0.4 is 24.8 Å². The van der Waals surface area contributed by atoms with E-state index in [2.05, 4.69) is 71.9 Å². The van der Waals surface area contributed by atoms with E-state index >= 15 is 0 Å². The third kappa shape index (κ3) is 8.70. The van der Waals surface area contributed by atoms with E-state index < -0.39 is 0 Å². The summed E-state index contributed by atoms with van der Waals surface area (Å²) >= 11 is 2.08. The topological polar surface area (TPSA) is 0 Å². The van der Waals surface area contributed by atoms with Crippen molar-refractivity contribution >= 4 is 3.81 Å². The smallest absolute Gasteiger partial charge is 0.0512 e. The Morgan fingerprint density at radius 1 is 0.731 bits per heavy atom. The molecule has 2 aromatic carbocycles. The van der Waals surface area contributed by atoms with Crippen LogP contribution in [-0.2, 0) is 45.7 Å². The molecule has 0 aromatic heterocycles. The Morgan fingerprint density at radius 2 is 1.04 bits per heavy atom. The molecule has 0 atom stereocenters. The zero-order chi connectivity index (χ0) is 17.5. The molecule has 0 spiro atoms. The molecule has 0 unspecified atom stereocenters. The van der Waals surface area contributed by atoms with Crippen molar-refractivity contribution in [3.63, 3.8) is 0 Å². The fourth-order valence-electron chi connectivity index (χ4n) is 3.75. The summed E-state index contributed by atoms with van der Waals surface area (Å²) in [6.45, 7) is 8.55. The number of hydrogen-bond acceptors (Lipinski definition) is 0. The van der Waals surface area contributed by atoms with Crippen LogP contribution in [0.5, 0.6) is 0 Å². The molecule has 0 fully saturated rings. The third-order valence-corrected chi connectivity index (χ3v) is 4.72. The molecule has 2 aliphatic carbocycles. The number of fused-ring (bicyclic) bond motifs is 2. The summed E-state index contributed by atoms with van der Waals surface area (Å²) in [6.07, 6.45) is 10.9. The second-order valence-corrected chi connectivity index (χ2v) is 9.14.